The number of hydrogen-bond donors (Lipinski definition) is 1. The Balaban J connectivity index is 1.99. The van der Waals surface area contributed by atoms with Crippen LogP contribution in [0.3, 0.4) is 0 Å². The maximum atomic E-state index is 11.7. The van der Waals surface area contributed by atoms with Gasteiger partial charge in [0.1, 0.15) is 6.29 Å². The highest BCUT2D eigenvalue weighted by Gasteiger charge is 2.33. The van der Waals surface area contributed by atoms with Crippen molar-refractivity contribution in [2.75, 3.05) is 12.4 Å². The van der Waals surface area contributed by atoms with Crippen LogP contribution in [0.2, 0.25) is 0 Å². The molecule has 0 heterocycles. The van der Waals surface area contributed by atoms with Crippen molar-refractivity contribution in [3.63, 3.8) is 0 Å². The molecule has 0 saturated carbocycles. The van der Waals surface area contributed by atoms with Crippen LogP contribution in [0.15, 0.2) is 48.5 Å². The van der Waals surface area contributed by atoms with Gasteiger partial charge in [0.2, 0.25) is 0 Å². The van der Waals surface area contributed by atoms with Gasteiger partial charge in [-0.15, -0.1) is 11.6 Å². The van der Waals surface area contributed by atoms with Crippen molar-refractivity contribution in [1.29, 1.82) is 0 Å². The fraction of sp³-hybridized carbons (Fsp3) is 0.263. The van der Waals surface area contributed by atoms with Gasteiger partial charge in [0, 0.05) is 24.8 Å². The second-order valence-electron chi connectivity index (χ2n) is 5.87. The van der Waals surface area contributed by atoms with Crippen molar-refractivity contribution < 1.29 is 14.7 Å². The summed E-state index contributed by atoms with van der Waals surface area (Å²) in [6.45, 7) is 0.286. The molecule has 0 spiro atoms. The molecule has 1 amide bonds. The molecule has 1 aliphatic carbocycles. The maximum Gasteiger partial charge on any atom is 0.407 e. The fourth-order valence-electron chi connectivity index (χ4n) is 3.42. The van der Waals surface area contributed by atoms with Crippen LogP contribution < -0.4 is 0 Å². The molecule has 0 unspecified atom stereocenters. The molecule has 0 fully saturated rings. The number of rotatable bonds is 6. The molecule has 2 aromatic carbocycles. The van der Waals surface area contributed by atoms with E-state index in [0.29, 0.717) is 0 Å². The Bertz CT molecular complexity index is 716. The van der Waals surface area contributed by atoms with Gasteiger partial charge in [0.05, 0.1) is 6.04 Å². The van der Waals surface area contributed by atoms with Crippen molar-refractivity contribution in [1.82, 2.24) is 4.90 Å². The summed E-state index contributed by atoms with van der Waals surface area (Å²) in [5, 5.41) is 9.61. The molecular weight excluding hydrogens is 326 g/mol. The smallest absolute Gasteiger partial charge is 0.407 e. The number of halogens is 1. The van der Waals surface area contributed by atoms with Crippen molar-refractivity contribution in [2.45, 2.75) is 18.4 Å². The number of carbonyl (C=O) groups excluding carboxylic acids is 1. The summed E-state index contributed by atoms with van der Waals surface area (Å²) in [6, 6.07) is 15.6. The lowest BCUT2D eigenvalue weighted by Gasteiger charge is -2.30. The first-order valence-corrected chi connectivity index (χ1v) is 8.38. The molecule has 1 aliphatic rings. The monoisotopic (exact) mass is 343 g/mol. The molecule has 4 nitrogen and oxygen atoms in total. The van der Waals surface area contributed by atoms with E-state index in [1.807, 2.05) is 36.4 Å². The molecule has 0 aromatic heterocycles. The van der Waals surface area contributed by atoms with E-state index in [1.165, 1.54) is 4.90 Å². The summed E-state index contributed by atoms with van der Waals surface area (Å²) < 4.78 is 0. The zero-order valence-electron chi connectivity index (χ0n) is 13.1. The van der Waals surface area contributed by atoms with Crippen molar-refractivity contribution >= 4 is 24.0 Å². The Labute approximate surface area is 145 Å². The average Bonchev–Trinajstić information content (AvgIpc) is 2.92. The van der Waals surface area contributed by atoms with E-state index in [1.54, 1.807) is 0 Å². The lowest BCUT2D eigenvalue weighted by molar-refractivity contribution is -0.108. The lowest BCUT2D eigenvalue weighted by Crippen LogP contribution is -2.43. The SMILES string of the molecule is O=CC[C@H](CCl)N(CC1c2ccccc2-c2ccccc21)C(=O)O. The van der Waals surface area contributed by atoms with E-state index in [0.717, 1.165) is 28.5 Å². The van der Waals surface area contributed by atoms with Crippen LogP contribution in [0.4, 0.5) is 4.79 Å². The summed E-state index contributed by atoms with van der Waals surface area (Å²) in [7, 11) is 0. The van der Waals surface area contributed by atoms with Gasteiger partial charge in [-0.1, -0.05) is 48.5 Å². The predicted octanol–water partition coefficient (Wildman–Crippen LogP) is 3.98. The normalized spacial score (nSPS) is 13.9. The second kappa shape index (κ2) is 7.05. The van der Waals surface area contributed by atoms with Gasteiger partial charge in [0.25, 0.3) is 0 Å². The quantitative estimate of drug-likeness (QED) is 0.637. The van der Waals surface area contributed by atoms with Gasteiger partial charge in [-0.05, 0) is 22.3 Å². The van der Waals surface area contributed by atoms with Crippen LogP contribution in [0.25, 0.3) is 11.1 Å². The summed E-state index contributed by atoms with van der Waals surface area (Å²) in [5.74, 6) is 0.0481. The van der Waals surface area contributed by atoms with Crippen LogP contribution in [-0.4, -0.2) is 40.9 Å². The van der Waals surface area contributed by atoms with Gasteiger partial charge in [0.15, 0.2) is 0 Å². The van der Waals surface area contributed by atoms with Crippen molar-refractivity contribution in [2.24, 2.45) is 0 Å². The second-order valence-corrected chi connectivity index (χ2v) is 6.18. The minimum absolute atomic E-state index is 0.0501. The van der Waals surface area contributed by atoms with Crippen LogP contribution in [-0.2, 0) is 4.79 Å². The van der Waals surface area contributed by atoms with E-state index >= 15 is 0 Å². The van der Waals surface area contributed by atoms with Gasteiger partial charge >= 0.3 is 6.09 Å². The van der Waals surface area contributed by atoms with Crippen molar-refractivity contribution in [3.8, 4) is 11.1 Å². The predicted molar refractivity (Wildman–Crippen MR) is 93.6 cm³/mol. The molecule has 1 atom stereocenters. The number of fused-ring (bicyclic) bond motifs is 3. The summed E-state index contributed by atoms with van der Waals surface area (Å²) in [4.78, 5) is 23.9. The molecule has 0 saturated heterocycles. The van der Waals surface area contributed by atoms with Gasteiger partial charge in [-0.25, -0.2) is 4.79 Å². The number of carboxylic acid groups (broad SMARTS) is 1. The number of amides is 1. The third kappa shape index (κ3) is 2.89. The standard InChI is InChI=1S/C19H18ClNO3/c20-11-13(9-10-22)21(19(23)24)12-18-16-7-3-1-5-14(16)15-6-2-4-8-17(15)18/h1-8,10,13,18H,9,11-12H2,(H,23,24)/t13-/m1/s1. The summed E-state index contributed by atoms with van der Waals surface area (Å²) >= 11 is 5.91. The molecule has 0 aliphatic heterocycles. The summed E-state index contributed by atoms with van der Waals surface area (Å²) in [6.07, 6.45) is -0.227. The third-order valence-corrected chi connectivity index (χ3v) is 4.93. The third-order valence-electron chi connectivity index (χ3n) is 4.57. The molecule has 3 rings (SSSR count). The Morgan fingerprint density at radius 1 is 1.12 bits per heavy atom. The summed E-state index contributed by atoms with van der Waals surface area (Å²) in [5.41, 5.74) is 4.51. The van der Waals surface area contributed by atoms with E-state index in [-0.39, 0.29) is 24.8 Å². The topological polar surface area (TPSA) is 57.6 Å². The number of alkyl halides is 1. The number of benzene rings is 2. The molecule has 0 radical (unpaired) electrons. The highest BCUT2D eigenvalue weighted by molar-refractivity contribution is 6.18. The van der Waals surface area contributed by atoms with Gasteiger partial charge < -0.3 is 14.8 Å². The van der Waals surface area contributed by atoms with E-state index in [9.17, 15) is 14.7 Å². The highest BCUT2D eigenvalue weighted by atomic mass is 35.5. The fourth-order valence-corrected chi connectivity index (χ4v) is 3.71. The van der Waals surface area contributed by atoms with Gasteiger partial charge in [-0.2, -0.15) is 0 Å². The van der Waals surface area contributed by atoms with Gasteiger partial charge in [-0.3, -0.25) is 0 Å². The Hall–Kier alpha value is -2.33. The molecular formula is C19H18ClNO3. The number of nitrogens with zero attached hydrogens (tertiary/aromatic N) is 1. The average molecular weight is 344 g/mol. The van der Waals surface area contributed by atoms with Crippen LogP contribution in [0.5, 0.6) is 0 Å². The first kappa shape index (κ1) is 16.5. The van der Waals surface area contributed by atoms with E-state index < -0.39 is 12.1 Å². The van der Waals surface area contributed by atoms with Crippen LogP contribution >= 0.6 is 11.6 Å². The maximum absolute atomic E-state index is 11.7. The highest BCUT2D eigenvalue weighted by Crippen LogP contribution is 2.44. The zero-order valence-corrected chi connectivity index (χ0v) is 13.8. The molecule has 2 aromatic rings. The minimum Gasteiger partial charge on any atom is -0.465 e. The Morgan fingerprint density at radius 3 is 2.12 bits per heavy atom. The molecule has 0 bridgehead atoms. The molecule has 5 heteroatoms. The molecule has 1 N–H and O–H groups in total. The largest absolute Gasteiger partial charge is 0.465 e. The van der Waals surface area contributed by atoms with E-state index in [2.05, 4.69) is 12.1 Å². The first-order valence-electron chi connectivity index (χ1n) is 7.84. The number of aldehydes is 1. The van der Waals surface area contributed by atoms with Crippen LogP contribution in [0.1, 0.15) is 23.5 Å². The Morgan fingerprint density at radius 2 is 1.67 bits per heavy atom. The first-order chi connectivity index (χ1) is 11.7. The lowest BCUT2D eigenvalue weighted by atomic mass is 9.96. The Kier molecular flexibility index (Phi) is 4.86. The number of hydrogen-bond acceptors (Lipinski definition) is 2. The minimum atomic E-state index is -1.05. The molecule has 124 valence electrons. The zero-order chi connectivity index (χ0) is 17.1. The van der Waals surface area contributed by atoms with Crippen LogP contribution in [0, 0.1) is 0 Å². The van der Waals surface area contributed by atoms with Crippen molar-refractivity contribution in [3.05, 3.63) is 59.7 Å². The molecule has 24 heavy (non-hydrogen) atoms. The van der Waals surface area contributed by atoms with E-state index in [4.69, 9.17) is 11.6 Å². The number of carbonyl (C=O) groups is 2.